The second-order valence-corrected chi connectivity index (χ2v) is 4.90. The molecule has 1 fully saturated rings. The van der Waals surface area contributed by atoms with Crippen LogP contribution in [-0.4, -0.2) is 22.1 Å². The first-order valence-corrected chi connectivity index (χ1v) is 6.63. The van der Waals surface area contributed by atoms with Crippen molar-refractivity contribution in [1.82, 2.24) is 9.38 Å². The summed E-state index contributed by atoms with van der Waals surface area (Å²) in [6.07, 6.45) is 8.81. The number of nitrogens with zero attached hydrogens (tertiary/aromatic N) is 2. The van der Waals surface area contributed by atoms with Crippen LogP contribution in [0.5, 0.6) is 0 Å². The summed E-state index contributed by atoms with van der Waals surface area (Å²) in [5.41, 5.74) is 7.90. The van der Waals surface area contributed by atoms with Crippen molar-refractivity contribution in [2.24, 2.45) is 5.73 Å². The standard InChI is InChI=1S/C14H19N3O/c15-9-11-4-5-17-12(7-11)10-16-14(17)8-13-3-1-2-6-18-13/h4-5,7,10,13H,1-3,6,8-9,15H2. The first kappa shape index (κ1) is 11.7. The molecule has 0 bridgehead atoms. The zero-order chi connectivity index (χ0) is 12.4. The van der Waals surface area contributed by atoms with Crippen LogP contribution >= 0.6 is 0 Å². The van der Waals surface area contributed by atoms with Gasteiger partial charge >= 0.3 is 0 Å². The number of imidazole rings is 1. The van der Waals surface area contributed by atoms with E-state index in [1.165, 1.54) is 12.8 Å². The summed E-state index contributed by atoms with van der Waals surface area (Å²) in [7, 11) is 0. The first-order chi connectivity index (χ1) is 8.86. The molecule has 0 amide bonds. The van der Waals surface area contributed by atoms with Crippen molar-refractivity contribution in [3.05, 3.63) is 35.9 Å². The summed E-state index contributed by atoms with van der Waals surface area (Å²) < 4.78 is 7.91. The molecule has 1 unspecified atom stereocenters. The maximum atomic E-state index is 5.77. The average molecular weight is 245 g/mol. The van der Waals surface area contributed by atoms with E-state index in [2.05, 4.69) is 27.7 Å². The number of fused-ring (bicyclic) bond motifs is 1. The lowest BCUT2D eigenvalue weighted by Gasteiger charge is -2.21. The summed E-state index contributed by atoms with van der Waals surface area (Å²) in [5.74, 6) is 1.08. The highest BCUT2D eigenvalue weighted by Gasteiger charge is 2.16. The number of hydrogen-bond acceptors (Lipinski definition) is 3. The molecule has 2 N–H and O–H groups in total. The smallest absolute Gasteiger partial charge is 0.115 e. The lowest BCUT2D eigenvalue weighted by molar-refractivity contribution is 0.0156. The molecule has 1 atom stereocenters. The van der Waals surface area contributed by atoms with Crippen LogP contribution in [0.4, 0.5) is 0 Å². The lowest BCUT2D eigenvalue weighted by Crippen LogP contribution is -2.22. The van der Waals surface area contributed by atoms with Crippen molar-refractivity contribution in [2.45, 2.75) is 38.3 Å². The van der Waals surface area contributed by atoms with Crippen molar-refractivity contribution in [2.75, 3.05) is 6.61 Å². The SMILES string of the molecule is NCc1ccn2c(CC3CCCCO3)ncc2c1. The molecule has 2 aromatic rings. The molecule has 0 radical (unpaired) electrons. The molecule has 0 aliphatic carbocycles. The predicted molar refractivity (Wildman–Crippen MR) is 70.4 cm³/mol. The van der Waals surface area contributed by atoms with E-state index in [-0.39, 0.29) is 0 Å². The Labute approximate surface area is 107 Å². The minimum atomic E-state index is 0.332. The molecule has 3 rings (SSSR count). The maximum Gasteiger partial charge on any atom is 0.115 e. The summed E-state index contributed by atoms with van der Waals surface area (Å²) in [4.78, 5) is 4.51. The number of pyridine rings is 1. The van der Waals surface area contributed by atoms with Gasteiger partial charge in [-0.3, -0.25) is 0 Å². The average Bonchev–Trinajstić information content (AvgIpc) is 2.82. The van der Waals surface area contributed by atoms with Crippen LogP contribution in [0.3, 0.4) is 0 Å². The number of ether oxygens (including phenoxy) is 1. The van der Waals surface area contributed by atoms with Crippen LogP contribution in [-0.2, 0) is 17.7 Å². The molecule has 96 valence electrons. The second kappa shape index (κ2) is 5.08. The fraction of sp³-hybridized carbons (Fsp3) is 0.500. The van der Waals surface area contributed by atoms with E-state index in [1.807, 2.05) is 6.20 Å². The highest BCUT2D eigenvalue weighted by Crippen LogP contribution is 2.18. The van der Waals surface area contributed by atoms with Gasteiger partial charge in [0.15, 0.2) is 0 Å². The van der Waals surface area contributed by atoms with Crippen LogP contribution in [0.2, 0.25) is 0 Å². The monoisotopic (exact) mass is 245 g/mol. The van der Waals surface area contributed by atoms with E-state index in [4.69, 9.17) is 10.5 Å². The van der Waals surface area contributed by atoms with E-state index in [1.54, 1.807) is 0 Å². The summed E-state index contributed by atoms with van der Waals surface area (Å²) >= 11 is 0. The highest BCUT2D eigenvalue weighted by atomic mass is 16.5. The quantitative estimate of drug-likeness (QED) is 0.898. The molecule has 1 aliphatic heterocycles. The Morgan fingerprint density at radius 1 is 1.44 bits per heavy atom. The van der Waals surface area contributed by atoms with E-state index in [9.17, 15) is 0 Å². The molecular weight excluding hydrogens is 226 g/mol. The predicted octanol–water partition coefficient (Wildman–Crippen LogP) is 1.90. The minimum absolute atomic E-state index is 0.332. The summed E-state index contributed by atoms with van der Waals surface area (Å²) in [6, 6.07) is 4.15. The van der Waals surface area contributed by atoms with E-state index in [0.29, 0.717) is 12.6 Å². The zero-order valence-corrected chi connectivity index (χ0v) is 10.5. The highest BCUT2D eigenvalue weighted by molar-refractivity contribution is 5.48. The molecule has 1 aliphatic rings. The Morgan fingerprint density at radius 3 is 3.17 bits per heavy atom. The van der Waals surface area contributed by atoms with Gasteiger partial charge in [0.25, 0.3) is 0 Å². The molecule has 3 heterocycles. The zero-order valence-electron chi connectivity index (χ0n) is 10.5. The van der Waals surface area contributed by atoms with Gasteiger partial charge < -0.3 is 14.9 Å². The molecule has 1 saturated heterocycles. The van der Waals surface area contributed by atoms with Crippen molar-refractivity contribution in [3.8, 4) is 0 Å². The van der Waals surface area contributed by atoms with E-state index in [0.717, 1.165) is 36.4 Å². The van der Waals surface area contributed by atoms with Gasteiger partial charge in [0, 0.05) is 25.8 Å². The van der Waals surface area contributed by atoms with Crippen molar-refractivity contribution in [1.29, 1.82) is 0 Å². The number of aromatic nitrogens is 2. The van der Waals surface area contributed by atoms with Gasteiger partial charge in [-0.2, -0.15) is 0 Å². The van der Waals surface area contributed by atoms with Gasteiger partial charge in [0.1, 0.15) is 5.82 Å². The third-order valence-corrected chi connectivity index (χ3v) is 3.59. The first-order valence-electron chi connectivity index (χ1n) is 6.63. The molecule has 4 heteroatoms. The fourth-order valence-electron chi connectivity index (χ4n) is 2.55. The number of nitrogens with two attached hydrogens (primary N) is 1. The summed E-state index contributed by atoms with van der Waals surface area (Å²) in [5, 5.41) is 0. The van der Waals surface area contributed by atoms with Crippen molar-refractivity contribution in [3.63, 3.8) is 0 Å². The fourth-order valence-corrected chi connectivity index (χ4v) is 2.55. The third-order valence-electron chi connectivity index (χ3n) is 3.59. The number of hydrogen-bond donors (Lipinski definition) is 1. The Bertz CT molecular complexity index is 529. The molecule has 0 saturated carbocycles. The Hall–Kier alpha value is -1.39. The van der Waals surface area contributed by atoms with E-state index >= 15 is 0 Å². The van der Waals surface area contributed by atoms with Crippen LogP contribution < -0.4 is 5.73 Å². The van der Waals surface area contributed by atoms with Gasteiger partial charge in [0.05, 0.1) is 17.8 Å². The van der Waals surface area contributed by atoms with Gasteiger partial charge in [-0.15, -0.1) is 0 Å². The molecule has 2 aromatic heterocycles. The van der Waals surface area contributed by atoms with Crippen molar-refractivity contribution >= 4 is 5.52 Å². The Morgan fingerprint density at radius 2 is 2.39 bits per heavy atom. The second-order valence-electron chi connectivity index (χ2n) is 4.90. The molecule has 18 heavy (non-hydrogen) atoms. The topological polar surface area (TPSA) is 52.5 Å². The van der Waals surface area contributed by atoms with Gasteiger partial charge in [-0.05, 0) is 37.0 Å². The van der Waals surface area contributed by atoms with Gasteiger partial charge in [0.2, 0.25) is 0 Å². The Balaban J connectivity index is 1.83. The van der Waals surface area contributed by atoms with Crippen molar-refractivity contribution < 1.29 is 4.74 Å². The summed E-state index contributed by atoms with van der Waals surface area (Å²) in [6.45, 7) is 1.47. The normalized spacial score (nSPS) is 20.4. The van der Waals surface area contributed by atoms with E-state index < -0.39 is 0 Å². The van der Waals surface area contributed by atoms with Crippen LogP contribution in [0.1, 0.15) is 30.7 Å². The maximum absolute atomic E-state index is 5.77. The van der Waals surface area contributed by atoms with Crippen LogP contribution in [0, 0.1) is 0 Å². The lowest BCUT2D eigenvalue weighted by atomic mass is 10.1. The van der Waals surface area contributed by atoms with Crippen LogP contribution in [0.15, 0.2) is 24.5 Å². The minimum Gasteiger partial charge on any atom is -0.378 e. The molecule has 4 nitrogen and oxygen atoms in total. The molecule has 0 spiro atoms. The molecular formula is C14H19N3O. The third kappa shape index (κ3) is 2.26. The number of rotatable bonds is 3. The van der Waals surface area contributed by atoms with Gasteiger partial charge in [-0.1, -0.05) is 0 Å². The van der Waals surface area contributed by atoms with Gasteiger partial charge in [-0.25, -0.2) is 4.98 Å². The largest absolute Gasteiger partial charge is 0.378 e. The Kier molecular flexibility index (Phi) is 3.30. The molecule has 0 aromatic carbocycles. The van der Waals surface area contributed by atoms with Crippen LogP contribution in [0.25, 0.3) is 5.52 Å².